The van der Waals surface area contributed by atoms with Gasteiger partial charge in [0.15, 0.2) is 5.65 Å². The molecule has 1 N–H and O–H groups in total. The predicted octanol–water partition coefficient (Wildman–Crippen LogP) is 4.01. The Bertz CT molecular complexity index is 1360. The van der Waals surface area contributed by atoms with Gasteiger partial charge in [0.25, 0.3) is 0 Å². The third-order valence-corrected chi connectivity index (χ3v) is 6.05. The number of anilines is 1. The summed E-state index contributed by atoms with van der Waals surface area (Å²) in [7, 11) is 1.53. The Kier molecular flexibility index (Phi) is 6.26. The second kappa shape index (κ2) is 9.65. The Hall–Kier alpha value is -4.08. The van der Waals surface area contributed by atoms with Crippen molar-refractivity contribution in [2.75, 3.05) is 31.7 Å². The number of halogens is 1. The van der Waals surface area contributed by atoms with Gasteiger partial charge >= 0.3 is 5.97 Å². The molecule has 0 spiro atoms. The Labute approximate surface area is 201 Å². The molecular weight excluding hydrogens is 451 g/mol. The van der Waals surface area contributed by atoms with Gasteiger partial charge in [-0.25, -0.2) is 19.3 Å². The minimum atomic E-state index is -0.425. The van der Waals surface area contributed by atoms with Gasteiger partial charge < -0.3 is 19.4 Å². The molecule has 9 nitrogen and oxygen atoms in total. The van der Waals surface area contributed by atoms with Crippen LogP contribution in [-0.4, -0.2) is 57.7 Å². The zero-order valence-electron chi connectivity index (χ0n) is 19.5. The first-order chi connectivity index (χ1) is 17.1. The van der Waals surface area contributed by atoms with Crippen LogP contribution in [0.5, 0.6) is 5.88 Å². The van der Waals surface area contributed by atoms with Crippen LogP contribution in [0.3, 0.4) is 0 Å². The smallest absolute Gasteiger partial charge is 0.310 e. The van der Waals surface area contributed by atoms with E-state index in [1.165, 1.54) is 13.2 Å². The number of carbonyl (C=O) groups is 1. The number of hydrogen-bond acceptors (Lipinski definition) is 8. The van der Waals surface area contributed by atoms with Crippen molar-refractivity contribution in [3.05, 3.63) is 48.5 Å². The Morgan fingerprint density at radius 3 is 2.74 bits per heavy atom. The van der Waals surface area contributed by atoms with E-state index in [2.05, 4.69) is 24.9 Å². The van der Waals surface area contributed by atoms with Crippen LogP contribution in [-0.2, 0) is 9.53 Å². The number of aromatic nitrogens is 5. The molecule has 1 atom stereocenters. The van der Waals surface area contributed by atoms with Gasteiger partial charge in [-0.3, -0.25) is 4.79 Å². The summed E-state index contributed by atoms with van der Waals surface area (Å²) in [4.78, 5) is 34.8. The number of piperidine rings is 1. The average molecular weight is 477 g/mol. The second-order valence-electron chi connectivity index (χ2n) is 8.31. The number of nitrogens with one attached hydrogen (secondary N) is 1. The lowest BCUT2D eigenvalue weighted by Gasteiger charge is -2.31. The highest BCUT2D eigenvalue weighted by Crippen LogP contribution is 2.28. The van der Waals surface area contributed by atoms with Crippen LogP contribution in [0.25, 0.3) is 33.7 Å². The topological polar surface area (TPSA) is 106 Å². The summed E-state index contributed by atoms with van der Waals surface area (Å²) in [5.74, 6) is 0.605. The molecule has 1 fully saturated rings. The summed E-state index contributed by atoms with van der Waals surface area (Å²) in [6.07, 6.45) is 5.00. The lowest BCUT2D eigenvalue weighted by Crippen LogP contribution is -2.40. The third kappa shape index (κ3) is 4.64. The molecular formula is C25H25FN6O3. The van der Waals surface area contributed by atoms with Crippen molar-refractivity contribution in [1.82, 2.24) is 24.9 Å². The van der Waals surface area contributed by atoms with E-state index in [0.29, 0.717) is 58.7 Å². The van der Waals surface area contributed by atoms with E-state index in [4.69, 9.17) is 9.47 Å². The summed E-state index contributed by atoms with van der Waals surface area (Å²) < 4.78 is 25.3. The van der Waals surface area contributed by atoms with E-state index in [-0.39, 0.29) is 11.9 Å². The minimum absolute atomic E-state index is 0.177. The first-order valence-corrected chi connectivity index (χ1v) is 11.5. The zero-order valence-corrected chi connectivity index (χ0v) is 19.5. The molecule has 1 aliphatic rings. The molecule has 1 aromatic carbocycles. The fourth-order valence-electron chi connectivity index (χ4n) is 4.25. The van der Waals surface area contributed by atoms with E-state index >= 15 is 4.39 Å². The second-order valence-corrected chi connectivity index (χ2v) is 8.31. The van der Waals surface area contributed by atoms with E-state index in [9.17, 15) is 4.79 Å². The highest BCUT2D eigenvalue weighted by Gasteiger charge is 2.28. The van der Waals surface area contributed by atoms with Crippen molar-refractivity contribution >= 4 is 23.1 Å². The molecule has 4 heterocycles. The quantitative estimate of drug-likeness (QED) is 0.416. The molecule has 3 aromatic heterocycles. The number of methoxy groups -OCH3 is 1. The van der Waals surface area contributed by atoms with Gasteiger partial charge in [0.1, 0.15) is 17.2 Å². The molecule has 1 aliphatic heterocycles. The van der Waals surface area contributed by atoms with Crippen LogP contribution >= 0.6 is 0 Å². The number of rotatable bonds is 6. The van der Waals surface area contributed by atoms with Gasteiger partial charge in [0, 0.05) is 37.1 Å². The van der Waals surface area contributed by atoms with Gasteiger partial charge in [-0.15, -0.1) is 0 Å². The number of nitrogens with zero attached hydrogens (tertiary/aromatic N) is 5. The summed E-state index contributed by atoms with van der Waals surface area (Å²) in [6, 6.07) is 8.38. The van der Waals surface area contributed by atoms with Crippen LogP contribution in [0.4, 0.5) is 10.3 Å². The molecule has 10 heteroatoms. The number of benzene rings is 1. The van der Waals surface area contributed by atoms with Crippen molar-refractivity contribution in [3.63, 3.8) is 0 Å². The minimum Gasteiger partial charge on any atom is -0.481 e. The summed E-state index contributed by atoms with van der Waals surface area (Å²) in [5.41, 5.74) is 2.82. The number of H-pyrrole nitrogens is 1. The molecule has 4 aromatic rings. The average Bonchev–Trinajstić information content (AvgIpc) is 3.32. The van der Waals surface area contributed by atoms with Crippen LogP contribution < -0.4 is 9.64 Å². The maximum atomic E-state index is 15.0. The molecule has 5 rings (SSSR count). The first-order valence-electron chi connectivity index (χ1n) is 11.5. The lowest BCUT2D eigenvalue weighted by atomic mass is 9.98. The number of carbonyl (C=O) groups excluding carboxylic acids is 1. The monoisotopic (exact) mass is 476 g/mol. The molecule has 1 saturated heterocycles. The normalized spacial score (nSPS) is 15.9. The molecule has 1 unspecified atom stereocenters. The van der Waals surface area contributed by atoms with E-state index in [0.717, 1.165) is 19.4 Å². The van der Waals surface area contributed by atoms with Crippen LogP contribution in [0, 0.1) is 11.7 Å². The third-order valence-electron chi connectivity index (χ3n) is 6.05. The molecule has 0 amide bonds. The Balaban J connectivity index is 1.34. The van der Waals surface area contributed by atoms with Gasteiger partial charge in [0.05, 0.1) is 25.2 Å². The molecule has 35 heavy (non-hydrogen) atoms. The highest BCUT2D eigenvalue weighted by atomic mass is 19.1. The number of hydrogen-bond donors (Lipinski definition) is 1. The first kappa shape index (κ1) is 22.7. The van der Waals surface area contributed by atoms with Crippen molar-refractivity contribution in [1.29, 1.82) is 0 Å². The number of aromatic amines is 1. The van der Waals surface area contributed by atoms with Gasteiger partial charge in [-0.1, -0.05) is 6.07 Å². The number of pyridine rings is 1. The maximum absolute atomic E-state index is 15.0. The number of imidazole rings is 1. The molecule has 0 radical (unpaired) electrons. The van der Waals surface area contributed by atoms with Gasteiger partial charge in [-0.2, -0.15) is 4.98 Å². The fourth-order valence-corrected chi connectivity index (χ4v) is 4.25. The fraction of sp³-hybridized carbons (Fsp3) is 0.320. The van der Waals surface area contributed by atoms with Gasteiger partial charge in [0.2, 0.25) is 11.8 Å². The van der Waals surface area contributed by atoms with Crippen molar-refractivity contribution in [3.8, 4) is 28.4 Å². The number of ether oxygens (including phenoxy) is 2. The van der Waals surface area contributed by atoms with Crippen LogP contribution in [0.2, 0.25) is 0 Å². The van der Waals surface area contributed by atoms with Crippen LogP contribution in [0.15, 0.2) is 42.7 Å². The Morgan fingerprint density at radius 1 is 1.17 bits per heavy atom. The molecule has 0 saturated carbocycles. The largest absolute Gasteiger partial charge is 0.481 e. The summed E-state index contributed by atoms with van der Waals surface area (Å²) >= 11 is 0. The van der Waals surface area contributed by atoms with E-state index in [1.807, 2.05) is 4.90 Å². The van der Waals surface area contributed by atoms with E-state index in [1.54, 1.807) is 43.6 Å². The zero-order chi connectivity index (χ0) is 24.4. The molecule has 0 bridgehead atoms. The number of esters is 1. The standard InChI is InChI=1S/C25H25FN6O3/c1-3-35-24(33)16-5-4-10-32(14-16)25-27-12-17(13-28-25)15-6-7-18(19(26)11-15)22-29-20-8-9-21(34-2)30-23(20)31-22/h6-9,11-13,16H,3-5,10,14H2,1-2H3,(H,29,30,31). The predicted molar refractivity (Wildman–Crippen MR) is 128 cm³/mol. The number of fused-ring (bicyclic) bond motifs is 1. The highest BCUT2D eigenvalue weighted by molar-refractivity contribution is 5.77. The van der Waals surface area contributed by atoms with Gasteiger partial charge in [-0.05, 0) is 43.5 Å². The molecule has 180 valence electrons. The Morgan fingerprint density at radius 2 is 2.00 bits per heavy atom. The lowest BCUT2D eigenvalue weighted by molar-refractivity contribution is -0.148. The summed E-state index contributed by atoms with van der Waals surface area (Å²) in [6.45, 7) is 3.48. The SMILES string of the molecule is CCOC(=O)C1CCCN(c2ncc(-c3ccc(-c4nc5ccc(OC)nc5[nH]4)c(F)c3)cn2)C1. The van der Waals surface area contributed by atoms with Crippen molar-refractivity contribution < 1.29 is 18.7 Å². The van der Waals surface area contributed by atoms with E-state index < -0.39 is 5.82 Å². The van der Waals surface area contributed by atoms with Crippen LogP contribution in [0.1, 0.15) is 19.8 Å². The van der Waals surface area contributed by atoms with Crippen molar-refractivity contribution in [2.24, 2.45) is 5.92 Å². The van der Waals surface area contributed by atoms with Crippen molar-refractivity contribution in [2.45, 2.75) is 19.8 Å². The maximum Gasteiger partial charge on any atom is 0.310 e. The summed E-state index contributed by atoms with van der Waals surface area (Å²) in [5, 5.41) is 0. The molecule has 0 aliphatic carbocycles.